The van der Waals surface area contributed by atoms with Gasteiger partial charge in [-0.25, -0.2) is 0 Å². The Balaban J connectivity index is 2.46. The maximum atomic E-state index is 10.3. The SMILES string of the molecule is O=C(O)CCCCN[C@H]1C[C@](O)(CO)[C@@H](O)[C@H](O)[C@H]1O. The van der Waals surface area contributed by atoms with Gasteiger partial charge in [0.2, 0.25) is 0 Å². The molecule has 1 aliphatic carbocycles. The molecule has 0 aromatic heterocycles. The molecule has 1 saturated carbocycles. The monoisotopic (exact) mass is 293 g/mol. The molecular weight excluding hydrogens is 270 g/mol. The molecule has 0 heterocycles. The zero-order chi connectivity index (χ0) is 15.3. The minimum absolute atomic E-state index is 0.0524. The van der Waals surface area contributed by atoms with E-state index in [9.17, 15) is 25.2 Å². The second-order valence-electron chi connectivity index (χ2n) is 5.30. The fourth-order valence-corrected chi connectivity index (χ4v) is 2.40. The van der Waals surface area contributed by atoms with E-state index in [2.05, 4.69) is 5.32 Å². The number of hydrogen-bond donors (Lipinski definition) is 7. The van der Waals surface area contributed by atoms with Gasteiger partial charge in [-0.1, -0.05) is 0 Å². The Bertz CT molecular complexity index is 327. The van der Waals surface area contributed by atoms with E-state index in [1.54, 1.807) is 0 Å². The standard InChI is InChI=1S/C12H23NO7/c14-6-12(20)5-7(9(17)10(18)11(12)19)13-4-2-1-3-8(15)16/h7,9-11,13-14,17-20H,1-6H2,(H,15,16)/t7-,9-,10+,11-,12-/m0/s1. The zero-order valence-electron chi connectivity index (χ0n) is 11.1. The van der Waals surface area contributed by atoms with Crippen LogP contribution in [0.1, 0.15) is 25.7 Å². The van der Waals surface area contributed by atoms with Crippen LogP contribution in [0.25, 0.3) is 0 Å². The highest BCUT2D eigenvalue weighted by molar-refractivity contribution is 5.66. The summed E-state index contributed by atoms with van der Waals surface area (Å²) in [4.78, 5) is 10.3. The Kier molecular flexibility index (Phi) is 6.31. The predicted octanol–water partition coefficient (Wildman–Crippen LogP) is -2.59. The quantitative estimate of drug-likeness (QED) is 0.253. The first kappa shape index (κ1) is 17.3. The minimum atomic E-state index is -1.86. The van der Waals surface area contributed by atoms with Gasteiger partial charge in [-0.05, 0) is 25.8 Å². The van der Waals surface area contributed by atoms with Crippen molar-refractivity contribution >= 4 is 5.97 Å². The van der Waals surface area contributed by atoms with Crippen molar-refractivity contribution in [1.82, 2.24) is 5.32 Å². The maximum Gasteiger partial charge on any atom is 0.303 e. The van der Waals surface area contributed by atoms with Gasteiger partial charge < -0.3 is 36.0 Å². The lowest BCUT2D eigenvalue weighted by molar-refractivity contribution is -0.206. The van der Waals surface area contributed by atoms with E-state index < -0.39 is 42.5 Å². The number of aliphatic hydroxyl groups is 5. The highest BCUT2D eigenvalue weighted by atomic mass is 16.4. The van der Waals surface area contributed by atoms with E-state index in [4.69, 9.17) is 10.2 Å². The first-order valence-electron chi connectivity index (χ1n) is 6.64. The topological polar surface area (TPSA) is 150 Å². The van der Waals surface area contributed by atoms with Crippen molar-refractivity contribution in [2.75, 3.05) is 13.2 Å². The van der Waals surface area contributed by atoms with Gasteiger partial charge in [-0.3, -0.25) is 4.79 Å². The minimum Gasteiger partial charge on any atom is -0.481 e. The zero-order valence-corrected chi connectivity index (χ0v) is 11.1. The largest absolute Gasteiger partial charge is 0.481 e. The van der Waals surface area contributed by atoms with Crippen LogP contribution in [-0.4, -0.2) is 79.7 Å². The molecule has 0 unspecified atom stereocenters. The summed E-state index contributed by atoms with van der Waals surface area (Å²) in [5.41, 5.74) is -1.86. The third-order valence-electron chi connectivity index (χ3n) is 3.71. The van der Waals surface area contributed by atoms with Gasteiger partial charge in [-0.15, -0.1) is 0 Å². The average Bonchev–Trinajstić information content (AvgIpc) is 2.41. The molecule has 20 heavy (non-hydrogen) atoms. The van der Waals surface area contributed by atoms with Gasteiger partial charge in [0.1, 0.15) is 17.8 Å². The summed E-state index contributed by atoms with van der Waals surface area (Å²) in [7, 11) is 0. The van der Waals surface area contributed by atoms with Crippen molar-refractivity contribution in [1.29, 1.82) is 0 Å². The van der Waals surface area contributed by atoms with E-state index >= 15 is 0 Å². The van der Waals surface area contributed by atoms with Gasteiger partial charge in [0, 0.05) is 12.5 Å². The third-order valence-corrected chi connectivity index (χ3v) is 3.71. The lowest BCUT2D eigenvalue weighted by atomic mass is 9.76. The van der Waals surface area contributed by atoms with E-state index in [0.717, 1.165) is 0 Å². The molecular formula is C12H23NO7. The number of carbonyl (C=O) groups is 1. The summed E-state index contributed by atoms with van der Waals surface area (Å²) in [6, 6.07) is -0.685. The van der Waals surface area contributed by atoms with Gasteiger partial charge in [-0.2, -0.15) is 0 Å². The van der Waals surface area contributed by atoms with Gasteiger partial charge >= 0.3 is 5.97 Å². The smallest absolute Gasteiger partial charge is 0.303 e. The Labute approximate surface area is 116 Å². The Morgan fingerprint density at radius 1 is 1.20 bits per heavy atom. The summed E-state index contributed by atoms with van der Waals surface area (Å²) >= 11 is 0. The molecule has 8 nitrogen and oxygen atoms in total. The number of carboxylic acids is 1. The van der Waals surface area contributed by atoms with Crippen molar-refractivity contribution in [2.24, 2.45) is 0 Å². The highest BCUT2D eigenvalue weighted by Gasteiger charge is 2.50. The second-order valence-corrected chi connectivity index (χ2v) is 5.30. The molecule has 7 N–H and O–H groups in total. The maximum absolute atomic E-state index is 10.3. The summed E-state index contributed by atoms with van der Waals surface area (Å²) in [6.45, 7) is -0.325. The van der Waals surface area contributed by atoms with Gasteiger partial charge in [0.15, 0.2) is 0 Å². The van der Waals surface area contributed by atoms with Crippen molar-refractivity contribution in [3.8, 4) is 0 Å². The highest BCUT2D eigenvalue weighted by Crippen LogP contribution is 2.29. The molecule has 0 aromatic rings. The molecule has 8 heteroatoms. The van der Waals surface area contributed by atoms with Crippen LogP contribution in [-0.2, 0) is 4.79 Å². The van der Waals surface area contributed by atoms with Crippen molar-refractivity contribution in [2.45, 2.75) is 55.6 Å². The van der Waals surface area contributed by atoms with Crippen molar-refractivity contribution < 1.29 is 35.4 Å². The fourth-order valence-electron chi connectivity index (χ4n) is 2.40. The third kappa shape index (κ3) is 4.11. The van der Waals surface area contributed by atoms with Crippen LogP contribution in [0.5, 0.6) is 0 Å². The van der Waals surface area contributed by atoms with Crippen LogP contribution >= 0.6 is 0 Å². The number of nitrogens with one attached hydrogen (secondary N) is 1. The summed E-state index contributed by atoms with van der Waals surface area (Å²) in [6.07, 6.45) is -3.47. The summed E-state index contributed by atoms with van der Waals surface area (Å²) < 4.78 is 0. The number of aliphatic hydroxyl groups excluding tert-OH is 4. The molecule has 0 radical (unpaired) electrons. The molecule has 0 amide bonds. The average molecular weight is 293 g/mol. The second kappa shape index (κ2) is 7.30. The first-order valence-corrected chi connectivity index (χ1v) is 6.64. The Hall–Kier alpha value is -0.770. The summed E-state index contributed by atoms with van der Waals surface area (Å²) in [5, 5.41) is 59.6. The molecule has 1 rings (SSSR count). The van der Waals surface area contributed by atoms with E-state index in [1.165, 1.54) is 0 Å². The Morgan fingerprint density at radius 3 is 2.40 bits per heavy atom. The molecule has 1 fully saturated rings. The summed E-state index contributed by atoms with van der Waals surface area (Å²) in [5.74, 6) is -0.879. The van der Waals surface area contributed by atoms with Crippen LogP contribution in [0.3, 0.4) is 0 Å². The van der Waals surface area contributed by atoms with Gasteiger partial charge in [0.05, 0.1) is 12.7 Å². The number of unbranched alkanes of at least 4 members (excludes halogenated alkanes) is 1. The molecule has 0 bridgehead atoms. The molecule has 0 aliphatic heterocycles. The lowest BCUT2D eigenvalue weighted by Crippen LogP contribution is -2.66. The van der Waals surface area contributed by atoms with E-state index in [0.29, 0.717) is 19.4 Å². The number of aliphatic carboxylic acids is 1. The van der Waals surface area contributed by atoms with Crippen LogP contribution in [0, 0.1) is 0 Å². The molecule has 118 valence electrons. The first-order chi connectivity index (χ1) is 9.31. The lowest BCUT2D eigenvalue weighted by Gasteiger charge is -2.45. The van der Waals surface area contributed by atoms with Gasteiger partial charge in [0.25, 0.3) is 0 Å². The molecule has 0 aromatic carbocycles. The predicted molar refractivity (Wildman–Crippen MR) is 68.0 cm³/mol. The molecule has 5 atom stereocenters. The van der Waals surface area contributed by atoms with Crippen LogP contribution in [0.4, 0.5) is 0 Å². The van der Waals surface area contributed by atoms with E-state index in [1.807, 2.05) is 0 Å². The fraction of sp³-hybridized carbons (Fsp3) is 0.917. The molecule has 0 saturated heterocycles. The van der Waals surface area contributed by atoms with Crippen LogP contribution in [0.2, 0.25) is 0 Å². The van der Waals surface area contributed by atoms with Crippen molar-refractivity contribution in [3.63, 3.8) is 0 Å². The van der Waals surface area contributed by atoms with Crippen molar-refractivity contribution in [3.05, 3.63) is 0 Å². The Morgan fingerprint density at radius 2 is 1.85 bits per heavy atom. The number of carboxylic acid groups (broad SMARTS) is 1. The normalized spacial score (nSPS) is 37.9. The van der Waals surface area contributed by atoms with Crippen LogP contribution in [0.15, 0.2) is 0 Å². The molecule has 1 aliphatic rings. The van der Waals surface area contributed by atoms with Crippen LogP contribution < -0.4 is 5.32 Å². The molecule has 0 spiro atoms. The number of hydrogen-bond acceptors (Lipinski definition) is 7. The van der Waals surface area contributed by atoms with E-state index in [-0.39, 0.29) is 12.8 Å². The number of rotatable bonds is 7.